The lowest BCUT2D eigenvalue weighted by molar-refractivity contribution is 0.699. The number of anilines is 1. The van der Waals surface area contributed by atoms with E-state index in [1.165, 1.54) is 35.1 Å². The molecular formula is C14H17N3S2. The van der Waals surface area contributed by atoms with E-state index in [1.807, 2.05) is 18.3 Å². The lowest BCUT2D eigenvalue weighted by Crippen LogP contribution is -2.00. The Hall–Kier alpha value is -1.07. The lowest BCUT2D eigenvalue weighted by atomic mass is 9.97. The van der Waals surface area contributed by atoms with Crippen LogP contribution >= 0.6 is 23.1 Å². The Bertz CT molecular complexity index is 646. The van der Waals surface area contributed by atoms with Gasteiger partial charge >= 0.3 is 0 Å². The first-order valence-electron chi connectivity index (χ1n) is 6.50. The van der Waals surface area contributed by atoms with Gasteiger partial charge in [0.2, 0.25) is 0 Å². The van der Waals surface area contributed by atoms with Crippen molar-refractivity contribution in [3.8, 4) is 0 Å². The summed E-state index contributed by atoms with van der Waals surface area (Å²) in [6, 6.07) is 0. The molecule has 1 aliphatic rings. The van der Waals surface area contributed by atoms with E-state index in [9.17, 15) is 0 Å². The number of hydrogen-bond donors (Lipinski definition) is 1. The SMILES string of the molecule is C=C(C)CSc1nnc(N)c2sc3c(c12)CCCC3. The molecule has 100 valence electrons. The van der Waals surface area contributed by atoms with Crippen LogP contribution in [0, 0.1) is 0 Å². The van der Waals surface area contributed by atoms with E-state index in [2.05, 4.69) is 16.8 Å². The van der Waals surface area contributed by atoms with Crippen LogP contribution in [0.15, 0.2) is 17.2 Å². The molecule has 5 heteroatoms. The second kappa shape index (κ2) is 5.13. The smallest absolute Gasteiger partial charge is 0.164 e. The Kier molecular flexibility index (Phi) is 3.50. The predicted molar refractivity (Wildman–Crippen MR) is 84.0 cm³/mol. The van der Waals surface area contributed by atoms with E-state index < -0.39 is 0 Å². The predicted octanol–water partition coefficient (Wildman–Crippen LogP) is 3.82. The van der Waals surface area contributed by atoms with Gasteiger partial charge < -0.3 is 5.73 Å². The molecule has 3 nitrogen and oxygen atoms in total. The van der Waals surface area contributed by atoms with Crippen molar-refractivity contribution in [3.05, 3.63) is 22.6 Å². The van der Waals surface area contributed by atoms with Crippen molar-refractivity contribution in [2.75, 3.05) is 11.5 Å². The maximum atomic E-state index is 6.00. The van der Waals surface area contributed by atoms with Gasteiger partial charge in [0, 0.05) is 16.0 Å². The minimum Gasteiger partial charge on any atom is -0.381 e. The van der Waals surface area contributed by atoms with Crippen LogP contribution in [0.1, 0.15) is 30.2 Å². The molecule has 0 amide bonds. The summed E-state index contributed by atoms with van der Waals surface area (Å²) < 4.78 is 1.13. The molecule has 19 heavy (non-hydrogen) atoms. The van der Waals surface area contributed by atoms with E-state index >= 15 is 0 Å². The highest BCUT2D eigenvalue weighted by molar-refractivity contribution is 7.99. The van der Waals surface area contributed by atoms with Crippen LogP contribution < -0.4 is 5.73 Å². The molecule has 0 aliphatic heterocycles. The quantitative estimate of drug-likeness (QED) is 0.690. The summed E-state index contributed by atoms with van der Waals surface area (Å²) in [5.74, 6) is 1.47. The first-order valence-corrected chi connectivity index (χ1v) is 8.30. The van der Waals surface area contributed by atoms with Crippen molar-refractivity contribution in [2.45, 2.75) is 37.6 Å². The van der Waals surface area contributed by atoms with E-state index in [4.69, 9.17) is 5.73 Å². The van der Waals surface area contributed by atoms with Crippen LogP contribution in [0.2, 0.25) is 0 Å². The second-order valence-electron chi connectivity index (χ2n) is 5.05. The molecule has 0 saturated carbocycles. The Labute approximate surface area is 121 Å². The zero-order valence-corrected chi connectivity index (χ0v) is 12.7. The number of rotatable bonds is 3. The van der Waals surface area contributed by atoms with Crippen molar-refractivity contribution < 1.29 is 0 Å². The molecule has 2 aromatic heterocycles. The molecule has 0 spiro atoms. The Balaban J connectivity index is 2.14. The third kappa shape index (κ3) is 2.37. The van der Waals surface area contributed by atoms with Crippen molar-refractivity contribution in [3.63, 3.8) is 0 Å². The van der Waals surface area contributed by atoms with Gasteiger partial charge in [-0.15, -0.1) is 21.5 Å². The Morgan fingerprint density at radius 3 is 2.95 bits per heavy atom. The van der Waals surface area contributed by atoms with Crippen molar-refractivity contribution in [1.29, 1.82) is 0 Å². The van der Waals surface area contributed by atoms with Crippen LogP contribution in [-0.4, -0.2) is 16.0 Å². The number of fused-ring (bicyclic) bond motifs is 3. The Morgan fingerprint density at radius 2 is 2.16 bits per heavy atom. The molecular weight excluding hydrogens is 274 g/mol. The molecule has 0 unspecified atom stereocenters. The maximum Gasteiger partial charge on any atom is 0.164 e. The summed E-state index contributed by atoms with van der Waals surface area (Å²) in [7, 11) is 0. The molecule has 0 radical (unpaired) electrons. The number of nitrogens with two attached hydrogens (primary N) is 1. The first-order chi connectivity index (χ1) is 9.16. The van der Waals surface area contributed by atoms with Gasteiger partial charge in [-0.05, 0) is 38.2 Å². The molecule has 2 N–H and O–H groups in total. The number of aromatic nitrogens is 2. The number of thiophene rings is 1. The van der Waals surface area contributed by atoms with Gasteiger partial charge in [0.15, 0.2) is 5.82 Å². The third-order valence-corrected chi connectivity index (χ3v) is 5.83. The monoisotopic (exact) mass is 291 g/mol. The summed E-state index contributed by atoms with van der Waals surface area (Å²) in [5, 5.41) is 10.7. The van der Waals surface area contributed by atoms with Crippen molar-refractivity contribution in [2.24, 2.45) is 0 Å². The number of hydrogen-bond acceptors (Lipinski definition) is 5. The van der Waals surface area contributed by atoms with E-state index in [1.54, 1.807) is 11.8 Å². The molecule has 1 aliphatic carbocycles. The van der Waals surface area contributed by atoms with Crippen molar-refractivity contribution >= 4 is 39.0 Å². The van der Waals surface area contributed by atoms with Gasteiger partial charge in [0.05, 0.1) is 4.70 Å². The second-order valence-corrected chi connectivity index (χ2v) is 7.12. The lowest BCUT2D eigenvalue weighted by Gasteiger charge is -2.11. The van der Waals surface area contributed by atoms with E-state index in [-0.39, 0.29) is 0 Å². The zero-order valence-electron chi connectivity index (χ0n) is 11.0. The average Bonchev–Trinajstić information content (AvgIpc) is 2.78. The van der Waals surface area contributed by atoms with Crippen LogP contribution in [0.3, 0.4) is 0 Å². The minimum absolute atomic E-state index is 0.578. The van der Waals surface area contributed by atoms with Gasteiger partial charge in [0.25, 0.3) is 0 Å². The van der Waals surface area contributed by atoms with Gasteiger partial charge in [-0.3, -0.25) is 0 Å². The molecule has 2 heterocycles. The number of aryl methyl sites for hydroxylation is 2. The zero-order chi connectivity index (χ0) is 13.4. The standard InChI is InChI=1S/C14H17N3S2/c1-8(2)7-18-14-11-9-5-3-4-6-10(9)19-12(11)13(15)16-17-14/h1,3-7H2,2H3,(H2,15,16). The minimum atomic E-state index is 0.578. The molecule has 0 fully saturated rings. The molecule has 3 rings (SSSR count). The van der Waals surface area contributed by atoms with Crippen molar-refractivity contribution in [1.82, 2.24) is 10.2 Å². The normalized spacial score (nSPS) is 14.6. The molecule has 0 aromatic carbocycles. The topological polar surface area (TPSA) is 51.8 Å². The average molecular weight is 291 g/mol. The maximum absolute atomic E-state index is 6.00. The highest BCUT2D eigenvalue weighted by Crippen LogP contribution is 2.42. The number of thioether (sulfide) groups is 1. The van der Waals surface area contributed by atoms with Gasteiger partial charge in [-0.25, -0.2) is 0 Å². The summed E-state index contributed by atoms with van der Waals surface area (Å²) in [6.45, 7) is 5.99. The number of nitrogen functional groups attached to an aromatic ring is 1. The molecule has 0 atom stereocenters. The number of nitrogens with zero attached hydrogens (tertiary/aromatic N) is 2. The molecule has 2 aromatic rings. The highest BCUT2D eigenvalue weighted by atomic mass is 32.2. The Morgan fingerprint density at radius 1 is 1.37 bits per heavy atom. The van der Waals surface area contributed by atoms with E-state index in [0.717, 1.165) is 27.5 Å². The van der Waals surface area contributed by atoms with Gasteiger partial charge in [-0.1, -0.05) is 23.9 Å². The summed E-state index contributed by atoms with van der Waals surface area (Å²) >= 11 is 3.53. The van der Waals surface area contributed by atoms with E-state index in [0.29, 0.717) is 5.82 Å². The fraction of sp³-hybridized carbons (Fsp3) is 0.429. The summed E-state index contributed by atoms with van der Waals surface area (Å²) in [5.41, 5.74) is 8.63. The third-order valence-electron chi connectivity index (χ3n) is 3.32. The van der Waals surface area contributed by atoms with Gasteiger partial charge in [0.1, 0.15) is 5.03 Å². The fourth-order valence-corrected chi connectivity index (χ4v) is 4.66. The fourth-order valence-electron chi connectivity index (χ4n) is 2.46. The van der Waals surface area contributed by atoms with Crippen LogP contribution in [0.5, 0.6) is 0 Å². The summed E-state index contributed by atoms with van der Waals surface area (Å²) in [6.07, 6.45) is 4.89. The highest BCUT2D eigenvalue weighted by Gasteiger charge is 2.21. The largest absolute Gasteiger partial charge is 0.381 e. The summed E-state index contributed by atoms with van der Waals surface area (Å²) in [4.78, 5) is 1.49. The first kappa shape index (κ1) is 12.9. The molecule has 0 saturated heterocycles. The van der Waals surface area contributed by atoms with Gasteiger partial charge in [-0.2, -0.15) is 0 Å². The van der Waals surface area contributed by atoms with Crippen LogP contribution in [-0.2, 0) is 12.8 Å². The van der Waals surface area contributed by atoms with Crippen LogP contribution in [0.4, 0.5) is 5.82 Å². The molecule has 0 bridgehead atoms. The van der Waals surface area contributed by atoms with Crippen LogP contribution in [0.25, 0.3) is 10.1 Å².